The van der Waals surface area contributed by atoms with Crippen LogP contribution < -0.4 is 5.73 Å². The van der Waals surface area contributed by atoms with Crippen molar-refractivity contribution < 1.29 is 4.39 Å². The molecule has 0 radical (unpaired) electrons. The van der Waals surface area contributed by atoms with Gasteiger partial charge in [0.05, 0.1) is 0 Å². The minimum absolute atomic E-state index is 0.248. The van der Waals surface area contributed by atoms with Gasteiger partial charge in [-0.3, -0.25) is 0 Å². The zero-order valence-corrected chi connectivity index (χ0v) is 8.67. The monoisotopic (exact) mass is 188 g/mol. The average Bonchev–Trinajstić information content (AvgIpc) is 2.04. The van der Waals surface area contributed by atoms with Gasteiger partial charge in [0.1, 0.15) is 6.17 Å². The van der Waals surface area contributed by atoms with Crippen LogP contribution in [0.1, 0.15) is 33.1 Å². The van der Waals surface area contributed by atoms with Crippen LogP contribution in [0.2, 0.25) is 0 Å². The number of nitrogens with zero attached hydrogens (tertiary/aromatic N) is 1. The van der Waals surface area contributed by atoms with E-state index in [0.717, 1.165) is 19.5 Å². The molecule has 2 nitrogen and oxygen atoms in total. The van der Waals surface area contributed by atoms with Gasteiger partial charge in [-0.1, -0.05) is 0 Å². The molecule has 0 amide bonds. The Balaban J connectivity index is 2.27. The lowest BCUT2D eigenvalue weighted by molar-refractivity contribution is 0.111. The van der Waals surface area contributed by atoms with Crippen LogP contribution in [-0.4, -0.2) is 36.2 Å². The molecular weight excluding hydrogens is 167 g/mol. The molecule has 1 rings (SSSR count). The maximum atomic E-state index is 12.8. The van der Waals surface area contributed by atoms with Gasteiger partial charge in [0.25, 0.3) is 0 Å². The molecule has 1 heterocycles. The van der Waals surface area contributed by atoms with Crippen LogP contribution in [0.5, 0.6) is 0 Å². The lowest BCUT2D eigenvalue weighted by Crippen LogP contribution is -2.42. The molecule has 2 N–H and O–H groups in total. The summed E-state index contributed by atoms with van der Waals surface area (Å²) in [6.45, 7) is 6.00. The number of hydrogen-bond donors (Lipinski definition) is 1. The zero-order valence-electron chi connectivity index (χ0n) is 8.67. The fourth-order valence-corrected chi connectivity index (χ4v) is 2.00. The maximum Gasteiger partial charge on any atom is 0.103 e. The van der Waals surface area contributed by atoms with Gasteiger partial charge in [0.2, 0.25) is 0 Å². The molecule has 1 aliphatic rings. The second kappa shape index (κ2) is 4.91. The van der Waals surface area contributed by atoms with Crippen molar-refractivity contribution in [1.29, 1.82) is 0 Å². The molecule has 0 aromatic heterocycles. The highest BCUT2D eigenvalue weighted by molar-refractivity contribution is 4.77. The molecule has 0 spiro atoms. The van der Waals surface area contributed by atoms with E-state index in [9.17, 15) is 4.39 Å². The Kier molecular flexibility index (Phi) is 4.13. The Morgan fingerprint density at radius 2 is 1.92 bits per heavy atom. The first kappa shape index (κ1) is 10.9. The molecule has 2 unspecified atom stereocenters. The topological polar surface area (TPSA) is 29.3 Å². The minimum Gasteiger partial charge on any atom is -0.328 e. The van der Waals surface area contributed by atoms with Gasteiger partial charge >= 0.3 is 0 Å². The third-order valence-corrected chi connectivity index (χ3v) is 2.80. The van der Waals surface area contributed by atoms with E-state index in [0.29, 0.717) is 18.9 Å². The summed E-state index contributed by atoms with van der Waals surface area (Å²) >= 11 is 0. The Labute approximate surface area is 80.3 Å². The first-order valence-corrected chi connectivity index (χ1v) is 5.23. The maximum absolute atomic E-state index is 12.8. The van der Waals surface area contributed by atoms with Crippen LogP contribution in [0, 0.1) is 0 Å². The van der Waals surface area contributed by atoms with Crippen molar-refractivity contribution in [1.82, 2.24) is 4.90 Å². The first-order chi connectivity index (χ1) is 6.09. The summed E-state index contributed by atoms with van der Waals surface area (Å²) < 4.78 is 12.8. The van der Waals surface area contributed by atoms with E-state index in [1.165, 1.54) is 0 Å². The van der Waals surface area contributed by atoms with E-state index in [1.807, 2.05) is 6.92 Å². The average molecular weight is 188 g/mol. The van der Waals surface area contributed by atoms with Crippen LogP contribution in [-0.2, 0) is 0 Å². The van der Waals surface area contributed by atoms with Crippen molar-refractivity contribution in [3.05, 3.63) is 0 Å². The van der Waals surface area contributed by atoms with E-state index in [1.54, 1.807) is 0 Å². The predicted octanol–water partition coefficient (Wildman–Crippen LogP) is 1.55. The van der Waals surface area contributed by atoms with Crippen molar-refractivity contribution in [3.8, 4) is 0 Å². The van der Waals surface area contributed by atoms with E-state index < -0.39 is 6.17 Å². The summed E-state index contributed by atoms with van der Waals surface area (Å²) in [5, 5.41) is 0. The Hall–Kier alpha value is -0.150. The minimum atomic E-state index is -0.571. The number of hydrogen-bond acceptors (Lipinski definition) is 2. The first-order valence-electron chi connectivity index (χ1n) is 5.23. The third kappa shape index (κ3) is 3.61. The molecule has 0 aromatic carbocycles. The number of piperidine rings is 1. The fourth-order valence-electron chi connectivity index (χ4n) is 2.00. The molecule has 1 aliphatic heterocycles. The number of likely N-dealkylation sites (tertiary alicyclic amines) is 1. The van der Waals surface area contributed by atoms with Gasteiger partial charge < -0.3 is 10.6 Å². The van der Waals surface area contributed by atoms with Crippen molar-refractivity contribution in [3.63, 3.8) is 0 Å². The highest BCUT2D eigenvalue weighted by Crippen LogP contribution is 2.17. The van der Waals surface area contributed by atoms with Crippen LogP contribution in [0.25, 0.3) is 0 Å². The van der Waals surface area contributed by atoms with E-state index in [2.05, 4.69) is 11.8 Å². The SMILES string of the molecule is CC(N)CC(C)N1CCC(F)CC1. The van der Waals surface area contributed by atoms with E-state index in [4.69, 9.17) is 5.73 Å². The quantitative estimate of drug-likeness (QED) is 0.728. The van der Waals surface area contributed by atoms with Crippen molar-refractivity contribution in [2.24, 2.45) is 5.73 Å². The largest absolute Gasteiger partial charge is 0.328 e. The van der Waals surface area contributed by atoms with Crippen LogP contribution in [0.3, 0.4) is 0 Å². The summed E-state index contributed by atoms with van der Waals surface area (Å²) in [6.07, 6.45) is 1.84. The smallest absolute Gasteiger partial charge is 0.103 e. The summed E-state index contributed by atoms with van der Waals surface area (Å²) in [6, 6.07) is 0.755. The standard InChI is InChI=1S/C10H21FN2/c1-8(12)7-9(2)13-5-3-10(11)4-6-13/h8-10H,3-7,12H2,1-2H3. The third-order valence-electron chi connectivity index (χ3n) is 2.80. The predicted molar refractivity (Wildman–Crippen MR) is 53.4 cm³/mol. The highest BCUT2D eigenvalue weighted by Gasteiger charge is 2.22. The molecule has 3 heteroatoms. The molecule has 0 aliphatic carbocycles. The fraction of sp³-hybridized carbons (Fsp3) is 1.00. The second-order valence-electron chi connectivity index (χ2n) is 4.27. The molecular formula is C10H21FN2. The molecule has 13 heavy (non-hydrogen) atoms. The summed E-state index contributed by atoms with van der Waals surface area (Å²) in [5.74, 6) is 0. The van der Waals surface area contributed by atoms with Gasteiger partial charge in [0, 0.05) is 25.2 Å². The van der Waals surface area contributed by atoms with Crippen molar-refractivity contribution in [2.45, 2.75) is 51.4 Å². The summed E-state index contributed by atoms with van der Waals surface area (Å²) in [4.78, 5) is 2.35. The van der Waals surface area contributed by atoms with Gasteiger partial charge in [-0.2, -0.15) is 0 Å². The Bertz CT molecular complexity index is 142. The number of nitrogens with two attached hydrogens (primary N) is 1. The number of halogens is 1. The van der Waals surface area contributed by atoms with Gasteiger partial charge in [-0.05, 0) is 33.1 Å². The lowest BCUT2D eigenvalue weighted by atomic mass is 10.0. The zero-order chi connectivity index (χ0) is 9.84. The molecule has 2 atom stereocenters. The summed E-state index contributed by atoms with van der Waals surface area (Å²) in [5.41, 5.74) is 5.73. The molecule has 0 saturated carbocycles. The normalized spacial score (nSPS) is 25.8. The molecule has 0 bridgehead atoms. The summed E-state index contributed by atoms with van der Waals surface area (Å²) in [7, 11) is 0. The van der Waals surface area contributed by atoms with E-state index in [-0.39, 0.29) is 6.04 Å². The molecule has 0 aromatic rings. The van der Waals surface area contributed by atoms with Gasteiger partial charge in [-0.25, -0.2) is 4.39 Å². The molecule has 1 fully saturated rings. The Morgan fingerprint density at radius 1 is 1.38 bits per heavy atom. The van der Waals surface area contributed by atoms with Crippen molar-refractivity contribution >= 4 is 0 Å². The molecule has 78 valence electrons. The van der Waals surface area contributed by atoms with Crippen LogP contribution >= 0.6 is 0 Å². The van der Waals surface area contributed by atoms with Gasteiger partial charge in [-0.15, -0.1) is 0 Å². The van der Waals surface area contributed by atoms with Crippen LogP contribution in [0.4, 0.5) is 4.39 Å². The van der Waals surface area contributed by atoms with Gasteiger partial charge in [0.15, 0.2) is 0 Å². The second-order valence-corrected chi connectivity index (χ2v) is 4.27. The number of rotatable bonds is 3. The molecule has 1 saturated heterocycles. The van der Waals surface area contributed by atoms with E-state index >= 15 is 0 Å². The van der Waals surface area contributed by atoms with Crippen molar-refractivity contribution in [2.75, 3.05) is 13.1 Å². The van der Waals surface area contributed by atoms with Crippen LogP contribution in [0.15, 0.2) is 0 Å². The number of alkyl halides is 1. The Morgan fingerprint density at radius 3 is 2.38 bits per heavy atom. The lowest BCUT2D eigenvalue weighted by Gasteiger charge is -2.34. The highest BCUT2D eigenvalue weighted by atomic mass is 19.1.